The van der Waals surface area contributed by atoms with Crippen LogP contribution >= 0.6 is 0 Å². The molecule has 0 heterocycles. The van der Waals surface area contributed by atoms with E-state index in [0.717, 1.165) is 0 Å². The third-order valence-corrected chi connectivity index (χ3v) is 4.05. The molecule has 114 valence electrons. The Kier molecular flexibility index (Phi) is 6.17. The van der Waals surface area contributed by atoms with E-state index in [1.165, 1.54) is 0 Å². The van der Waals surface area contributed by atoms with E-state index < -0.39 is 17.9 Å². The van der Waals surface area contributed by atoms with Gasteiger partial charge in [-0.2, -0.15) is 0 Å². The minimum Gasteiger partial charge on any atom is -0.465 e. The van der Waals surface area contributed by atoms with Gasteiger partial charge in [0.1, 0.15) is 5.78 Å². The number of ether oxygens (including phenoxy) is 2. The average molecular weight is 284 g/mol. The van der Waals surface area contributed by atoms with Gasteiger partial charge in [0.25, 0.3) is 0 Å². The summed E-state index contributed by atoms with van der Waals surface area (Å²) in [5, 5.41) is 0. The maximum Gasteiger partial charge on any atom is 0.320 e. The number of ketones is 1. The number of esters is 2. The van der Waals surface area contributed by atoms with Crippen molar-refractivity contribution in [1.82, 2.24) is 0 Å². The number of rotatable bonds is 5. The van der Waals surface area contributed by atoms with Crippen LogP contribution in [0.2, 0.25) is 0 Å². The molecule has 0 saturated heterocycles. The lowest BCUT2D eigenvalue weighted by Gasteiger charge is -2.36. The van der Waals surface area contributed by atoms with Gasteiger partial charge in [-0.1, -0.05) is 13.8 Å². The maximum absolute atomic E-state index is 12.1. The Labute approximate surface area is 120 Å². The smallest absolute Gasteiger partial charge is 0.320 e. The van der Waals surface area contributed by atoms with Gasteiger partial charge in [-0.25, -0.2) is 0 Å². The standard InChI is InChI=1S/C15H24O5/c1-5-19-14(17)13(15(18)20-6-2)12-9(3)7-8-11(16)10(12)4/h9-10,12-13H,5-8H2,1-4H3. The number of carbonyl (C=O) groups excluding carboxylic acids is 3. The molecular weight excluding hydrogens is 260 g/mol. The molecule has 0 bridgehead atoms. The minimum atomic E-state index is -0.996. The van der Waals surface area contributed by atoms with Gasteiger partial charge in [0, 0.05) is 12.3 Å². The Hall–Kier alpha value is -1.39. The van der Waals surface area contributed by atoms with Crippen molar-refractivity contribution in [3.8, 4) is 0 Å². The molecule has 3 atom stereocenters. The molecular formula is C15H24O5. The molecule has 5 nitrogen and oxygen atoms in total. The zero-order valence-corrected chi connectivity index (χ0v) is 12.7. The van der Waals surface area contributed by atoms with Gasteiger partial charge in [-0.3, -0.25) is 14.4 Å². The Balaban J connectivity index is 3.03. The molecule has 0 aromatic heterocycles. The molecule has 5 heteroatoms. The zero-order chi connectivity index (χ0) is 15.3. The summed E-state index contributed by atoms with van der Waals surface area (Å²) >= 11 is 0. The van der Waals surface area contributed by atoms with Gasteiger partial charge in [0.05, 0.1) is 13.2 Å². The number of carbonyl (C=O) groups is 3. The van der Waals surface area contributed by atoms with Crippen LogP contribution in [0, 0.1) is 23.7 Å². The van der Waals surface area contributed by atoms with E-state index in [0.29, 0.717) is 12.8 Å². The van der Waals surface area contributed by atoms with E-state index in [-0.39, 0.29) is 36.8 Å². The quantitative estimate of drug-likeness (QED) is 0.570. The molecule has 1 aliphatic carbocycles. The molecule has 0 N–H and O–H groups in total. The molecule has 3 unspecified atom stereocenters. The van der Waals surface area contributed by atoms with Gasteiger partial charge >= 0.3 is 11.9 Å². The first kappa shape index (κ1) is 16.7. The highest BCUT2D eigenvalue weighted by molar-refractivity contribution is 5.96. The topological polar surface area (TPSA) is 69.7 Å². The fourth-order valence-electron chi connectivity index (χ4n) is 2.99. The van der Waals surface area contributed by atoms with Crippen LogP contribution < -0.4 is 0 Å². The monoisotopic (exact) mass is 284 g/mol. The first-order valence-electron chi connectivity index (χ1n) is 7.29. The Morgan fingerprint density at radius 2 is 1.65 bits per heavy atom. The lowest BCUT2D eigenvalue weighted by molar-refractivity contribution is -0.168. The molecule has 1 fully saturated rings. The summed E-state index contributed by atoms with van der Waals surface area (Å²) in [7, 11) is 0. The molecule has 0 aromatic carbocycles. The maximum atomic E-state index is 12.1. The normalized spacial score (nSPS) is 26.4. The third kappa shape index (κ3) is 3.58. The molecule has 0 aliphatic heterocycles. The van der Waals surface area contributed by atoms with Crippen molar-refractivity contribution < 1.29 is 23.9 Å². The fourth-order valence-corrected chi connectivity index (χ4v) is 2.99. The predicted octanol–water partition coefficient (Wildman–Crippen LogP) is 1.98. The van der Waals surface area contributed by atoms with E-state index in [4.69, 9.17) is 9.47 Å². The van der Waals surface area contributed by atoms with E-state index in [1.807, 2.05) is 6.92 Å². The van der Waals surface area contributed by atoms with Crippen LogP contribution in [0.15, 0.2) is 0 Å². The van der Waals surface area contributed by atoms with Crippen molar-refractivity contribution in [2.45, 2.75) is 40.5 Å². The number of hydrogen-bond acceptors (Lipinski definition) is 5. The molecule has 1 rings (SSSR count). The summed E-state index contributed by atoms with van der Waals surface area (Å²) in [5.41, 5.74) is 0. The number of Topliss-reactive ketones (excluding diaryl/α,β-unsaturated/α-hetero) is 1. The van der Waals surface area contributed by atoms with E-state index in [2.05, 4.69) is 0 Å². The van der Waals surface area contributed by atoms with Gasteiger partial charge < -0.3 is 9.47 Å². The summed E-state index contributed by atoms with van der Waals surface area (Å²) in [4.78, 5) is 36.2. The second-order valence-corrected chi connectivity index (χ2v) is 5.33. The summed E-state index contributed by atoms with van der Waals surface area (Å²) in [5.74, 6) is -2.60. The zero-order valence-electron chi connectivity index (χ0n) is 12.7. The van der Waals surface area contributed by atoms with Crippen LogP contribution in [0.1, 0.15) is 40.5 Å². The van der Waals surface area contributed by atoms with E-state index >= 15 is 0 Å². The molecule has 1 aliphatic rings. The molecule has 1 saturated carbocycles. The van der Waals surface area contributed by atoms with Crippen molar-refractivity contribution in [3.63, 3.8) is 0 Å². The highest BCUT2D eigenvalue weighted by Gasteiger charge is 2.46. The van der Waals surface area contributed by atoms with Crippen LogP contribution in [0.4, 0.5) is 0 Å². The summed E-state index contributed by atoms with van der Waals surface area (Å²) in [6.07, 6.45) is 1.21. The van der Waals surface area contributed by atoms with Gasteiger partial charge in [-0.15, -0.1) is 0 Å². The van der Waals surface area contributed by atoms with Crippen molar-refractivity contribution in [3.05, 3.63) is 0 Å². The van der Waals surface area contributed by atoms with E-state index in [9.17, 15) is 14.4 Å². The van der Waals surface area contributed by atoms with Gasteiger partial charge in [-0.05, 0) is 32.1 Å². The minimum absolute atomic E-state index is 0.103. The highest BCUT2D eigenvalue weighted by atomic mass is 16.6. The van der Waals surface area contributed by atoms with Crippen LogP contribution in [0.3, 0.4) is 0 Å². The molecule has 0 radical (unpaired) electrons. The molecule has 0 aromatic rings. The molecule has 20 heavy (non-hydrogen) atoms. The third-order valence-electron chi connectivity index (χ3n) is 4.05. The average Bonchev–Trinajstić information content (AvgIpc) is 2.39. The number of hydrogen-bond donors (Lipinski definition) is 0. The second kappa shape index (κ2) is 7.41. The first-order chi connectivity index (χ1) is 9.43. The van der Waals surface area contributed by atoms with Crippen LogP contribution in [0.5, 0.6) is 0 Å². The largest absolute Gasteiger partial charge is 0.465 e. The molecule has 0 amide bonds. The Morgan fingerprint density at radius 1 is 1.15 bits per heavy atom. The van der Waals surface area contributed by atoms with Crippen molar-refractivity contribution in [2.24, 2.45) is 23.7 Å². The SMILES string of the molecule is CCOC(=O)C(C(=O)OCC)C1C(C)CCC(=O)C1C. The van der Waals surface area contributed by atoms with Crippen LogP contribution in [-0.2, 0) is 23.9 Å². The first-order valence-corrected chi connectivity index (χ1v) is 7.29. The fraction of sp³-hybridized carbons (Fsp3) is 0.800. The Morgan fingerprint density at radius 3 is 2.10 bits per heavy atom. The van der Waals surface area contributed by atoms with Gasteiger partial charge in [0.15, 0.2) is 5.92 Å². The molecule has 0 spiro atoms. The summed E-state index contributed by atoms with van der Waals surface area (Å²) < 4.78 is 10.0. The lowest BCUT2D eigenvalue weighted by atomic mass is 9.67. The van der Waals surface area contributed by atoms with Crippen LogP contribution in [-0.4, -0.2) is 30.9 Å². The highest BCUT2D eigenvalue weighted by Crippen LogP contribution is 2.38. The second-order valence-electron chi connectivity index (χ2n) is 5.33. The van der Waals surface area contributed by atoms with Crippen molar-refractivity contribution >= 4 is 17.7 Å². The lowest BCUT2D eigenvalue weighted by Crippen LogP contribution is -2.44. The van der Waals surface area contributed by atoms with Crippen molar-refractivity contribution in [1.29, 1.82) is 0 Å². The predicted molar refractivity (Wildman–Crippen MR) is 72.8 cm³/mol. The Bertz CT molecular complexity index is 358. The summed E-state index contributed by atoms with van der Waals surface area (Å²) in [6, 6.07) is 0. The van der Waals surface area contributed by atoms with Gasteiger partial charge in [0.2, 0.25) is 0 Å². The summed E-state index contributed by atoms with van der Waals surface area (Å²) in [6.45, 7) is 7.56. The van der Waals surface area contributed by atoms with E-state index in [1.54, 1.807) is 20.8 Å². The van der Waals surface area contributed by atoms with Crippen molar-refractivity contribution in [2.75, 3.05) is 13.2 Å². The van der Waals surface area contributed by atoms with Crippen LogP contribution in [0.25, 0.3) is 0 Å².